The predicted molar refractivity (Wildman–Crippen MR) is 124 cm³/mol. The van der Waals surface area contributed by atoms with Crippen LogP contribution in [0.2, 0.25) is 0 Å². The Labute approximate surface area is 196 Å². The molecule has 0 radical (unpaired) electrons. The summed E-state index contributed by atoms with van der Waals surface area (Å²) in [6.07, 6.45) is 5.21. The van der Waals surface area contributed by atoms with Crippen molar-refractivity contribution in [3.8, 4) is 0 Å². The number of hydrogen-bond acceptors (Lipinski definition) is 5. The van der Waals surface area contributed by atoms with Crippen molar-refractivity contribution >= 4 is 18.1 Å². The number of amides is 3. The second-order valence-corrected chi connectivity index (χ2v) is 9.93. The number of likely N-dealkylation sites (tertiary alicyclic amines) is 1. The molecule has 1 aromatic rings. The van der Waals surface area contributed by atoms with Gasteiger partial charge in [-0.25, -0.2) is 9.59 Å². The van der Waals surface area contributed by atoms with Crippen molar-refractivity contribution < 1.29 is 23.9 Å². The minimum absolute atomic E-state index is 0.0674. The summed E-state index contributed by atoms with van der Waals surface area (Å²) in [7, 11) is 0. The lowest BCUT2D eigenvalue weighted by Gasteiger charge is -2.45. The number of piperidine rings is 1. The number of fused-ring (bicyclic) bond motifs is 1. The highest BCUT2D eigenvalue weighted by Gasteiger charge is 2.38. The summed E-state index contributed by atoms with van der Waals surface area (Å²) in [4.78, 5) is 40.1. The normalized spacial score (nSPS) is 21.4. The van der Waals surface area contributed by atoms with Crippen molar-refractivity contribution in [3.05, 3.63) is 35.9 Å². The van der Waals surface area contributed by atoms with E-state index in [1.54, 1.807) is 20.8 Å². The molecule has 3 amide bonds. The van der Waals surface area contributed by atoms with Gasteiger partial charge in [-0.2, -0.15) is 0 Å². The van der Waals surface area contributed by atoms with Gasteiger partial charge in [-0.15, -0.1) is 0 Å². The molecule has 182 valence electrons. The van der Waals surface area contributed by atoms with Crippen LogP contribution in [0, 0.1) is 5.92 Å². The van der Waals surface area contributed by atoms with Crippen LogP contribution in [0.15, 0.2) is 30.3 Å². The SMILES string of the molecule is CC(C)(C)OC(=O)NC[C@@H](NC(=O)OCc1ccccc1)C(=O)N1CCC[C@H]2CCCC[C@@H]21. The van der Waals surface area contributed by atoms with Gasteiger partial charge in [0.15, 0.2) is 0 Å². The summed E-state index contributed by atoms with van der Waals surface area (Å²) in [6.45, 7) is 6.01. The highest BCUT2D eigenvalue weighted by molar-refractivity contribution is 5.87. The van der Waals surface area contributed by atoms with Gasteiger partial charge in [0, 0.05) is 12.6 Å². The topological polar surface area (TPSA) is 97.0 Å². The molecule has 33 heavy (non-hydrogen) atoms. The molecular weight excluding hydrogens is 422 g/mol. The Morgan fingerprint density at radius 1 is 1.03 bits per heavy atom. The van der Waals surface area contributed by atoms with Crippen LogP contribution in [0.5, 0.6) is 0 Å². The Morgan fingerprint density at radius 3 is 2.45 bits per heavy atom. The van der Waals surface area contributed by atoms with Crippen LogP contribution >= 0.6 is 0 Å². The number of nitrogens with zero attached hydrogens (tertiary/aromatic N) is 1. The molecule has 1 aliphatic heterocycles. The molecule has 2 fully saturated rings. The van der Waals surface area contributed by atoms with Crippen molar-refractivity contribution in [1.82, 2.24) is 15.5 Å². The summed E-state index contributed by atoms with van der Waals surface area (Å²) in [5.74, 6) is 0.334. The van der Waals surface area contributed by atoms with E-state index >= 15 is 0 Å². The highest BCUT2D eigenvalue weighted by atomic mass is 16.6. The first-order valence-corrected chi connectivity index (χ1v) is 12.0. The van der Waals surface area contributed by atoms with E-state index in [0.717, 1.165) is 37.7 Å². The van der Waals surface area contributed by atoms with E-state index in [9.17, 15) is 14.4 Å². The number of hydrogen-bond donors (Lipinski definition) is 2. The number of rotatable bonds is 6. The monoisotopic (exact) mass is 459 g/mol. The van der Waals surface area contributed by atoms with Crippen molar-refractivity contribution in [1.29, 1.82) is 0 Å². The Morgan fingerprint density at radius 2 is 1.73 bits per heavy atom. The van der Waals surface area contributed by atoms with Gasteiger partial charge in [-0.3, -0.25) is 4.79 Å². The average Bonchev–Trinajstić information content (AvgIpc) is 2.79. The van der Waals surface area contributed by atoms with Gasteiger partial charge in [-0.05, 0) is 57.9 Å². The van der Waals surface area contributed by atoms with Crippen molar-refractivity contribution in [2.75, 3.05) is 13.1 Å². The van der Waals surface area contributed by atoms with Gasteiger partial charge in [-0.1, -0.05) is 43.2 Å². The van der Waals surface area contributed by atoms with Gasteiger partial charge in [0.2, 0.25) is 5.91 Å². The first-order chi connectivity index (χ1) is 15.7. The molecule has 1 aromatic carbocycles. The van der Waals surface area contributed by atoms with E-state index in [1.165, 1.54) is 6.42 Å². The maximum atomic E-state index is 13.5. The summed E-state index contributed by atoms with van der Waals surface area (Å²) < 4.78 is 10.6. The Hall–Kier alpha value is -2.77. The number of carbonyl (C=O) groups is 3. The van der Waals surface area contributed by atoms with Gasteiger partial charge in [0.25, 0.3) is 0 Å². The fourth-order valence-corrected chi connectivity index (χ4v) is 4.71. The molecule has 0 unspecified atom stereocenters. The standard InChI is InChI=1S/C25H37N3O5/c1-25(2,3)33-23(30)26-16-20(27-24(31)32-17-18-10-5-4-6-11-18)22(29)28-15-9-13-19-12-7-8-14-21(19)28/h4-6,10-11,19-21H,7-9,12-17H2,1-3H3,(H,26,30)(H,27,31)/t19-,20-,21+/m1/s1. The fourth-order valence-electron chi connectivity index (χ4n) is 4.71. The molecule has 0 spiro atoms. The molecule has 0 bridgehead atoms. The molecule has 2 N–H and O–H groups in total. The van der Waals surface area contributed by atoms with E-state index in [1.807, 2.05) is 35.2 Å². The number of benzene rings is 1. The zero-order valence-electron chi connectivity index (χ0n) is 20.0. The van der Waals surface area contributed by atoms with Gasteiger partial charge in [0.1, 0.15) is 18.2 Å². The molecule has 3 rings (SSSR count). The van der Waals surface area contributed by atoms with Crippen molar-refractivity contribution in [3.63, 3.8) is 0 Å². The molecule has 2 aliphatic rings. The molecular formula is C25H37N3O5. The number of carbonyl (C=O) groups excluding carboxylic acids is 3. The Bertz CT molecular complexity index is 806. The minimum atomic E-state index is -0.929. The van der Waals surface area contributed by atoms with Gasteiger partial charge < -0.3 is 25.0 Å². The molecule has 1 saturated carbocycles. The summed E-state index contributed by atoms with van der Waals surface area (Å²) >= 11 is 0. The third kappa shape index (κ3) is 7.65. The van der Waals surface area contributed by atoms with Gasteiger partial charge in [0.05, 0.1) is 6.54 Å². The molecule has 8 heteroatoms. The lowest BCUT2D eigenvalue weighted by molar-refractivity contribution is -0.139. The molecule has 3 atom stereocenters. The maximum Gasteiger partial charge on any atom is 0.408 e. The van der Waals surface area contributed by atoms with E-state index in [0.29, 0.717) is 12.5 Å². The molecule has 0 aromatic heterocycles. The van der Waals surface area contributed by atoms with Crippen LogP contribution in [0.1, 0.15) is 64.9 Å². The number of alkyl carbamates (subject to hydrolysis) is 2. The maximum absolute atomic E-state index is 13.5. The summed E-state index contributed by atoms with van der Waals surface area (Å²) in [6, 6.07) is 8.61. The molecule has 1 saturated heterocycles. The molecule has 8 nitrogen and oxygen atoms in total. The highest BCUT2D eigenvalue weighted by Crippen LogP contribution is 2.35. The van der Waals surface area contributed by atoms with Gasteiger partial charge >= 0.3 is 12.2 Å². The van der Waals surface area contributed by atoms with Crippen LogP contribution in [0.25, 0.3) is 0 Å². The average molecular weight is 460 g/mol. The number of nitrogens with one attached hydrogen (secondary N) is 2. The lowest BCUT2D eigenvalue weighted by atomic mass is 9.78. The third-order valence-corrected chi connectivity index (χ3v) is 6.18. The second kappa shape index (κ2) is 11.4. The summed E-state index contributed by atoms with van der Waals surface area (Å²) in [5.41, 5.74) is 0.192. The smallest absolute Gasteiger partial charge is 0.408 e. The van der Waals surface area contributed by atoms with Crippen molar-refractivity contribution in [2.24, 2.45) is 5.92 Å². The van der Waals surface area contributed by atoms with Crippen LogP contribution in [0.4, 0.5) is 9.59 Å². The summed E-state index contributed by atoms with van der Waals surface area (Å²) in [5, 5.41) is 5.31. The van der Waals surface area contributed by atoms with Crippen LogP contribution in [-0.2, 0) is 20.9 Å². The van der Waals surface area contributed by atoms with Crippen molar-refractivity contribution in [2.45, 2.75) is 83.6 Å². The van der Waals surface area contributed by atoms with E-state index in [4.69, 9.17) is 9.47 Å². The second-order valence-electron chi connectivity index (χ2n) is 9.93. The predicted octanol–water partition coefficient (Wildman–Crippen LogP) is 3.99. The fraction of sp³-hybridized carbons (Fsp3) is 0.640. The third-order valence-electron chi connectivity index (χ3n) is 6.18. The zero-order chi connectivity index (χ0) is 23.8. The van der Waals surface area contributed by atoms with E-state index in [2.05, 4.69) is 10.6 Å². The number of ether oxygens (including phenoxy) is 2. The molecule has 1 heterocycles. The first-order valence-electron chi connectivity index (χ1n) is 12.0. The largest absolute Gasteiger partial charge is 0.445 e. The Kier molecular flexibility index (Phi) is 8.58. The Balaban J connectivity index is 1.65. The van der Waals surface area contributed by atoms with Crippen LogP contribution < -0.4 is 10.6 Å². The van der Waals surface area contributed by atoms with Crippen LogP contribution in [-0.4, -0.2) is 53.8 Å². The lowest BCUT2D eigenvalue weighted by Crippen LogP contribution is -2.59. The zero-order valence-corrected chi connectivity index (χ0v) is 20.0. The minimum Gasteiger partial charge on any atom is -0.445 e. The van der Waals surface area contributed by atoms with Crippen LogP contribution in [0.3, 0.4) is 0 Å². The molecule has 1 aliphatic carbocycles. The van der Waals surface area contributed by atoms with E-state index in [-0.39, 0.29) is 25.1 Å². The quantitative estimate of drug-likeness (QED) is 0.671. The van der Waals surface area contributed by atoms with E-state index < -0.39 is 23.8 Å². The first kappa shape index (κ1) is 24.9.